The Morgan fingerprint density at radius 2 is 1.68 bits per heavy atom. The van der Waals surface area contributed by atoms with Gasteiger partial charge in [-0.05, 0) is 49.9 Å². The summed E-state index contributed by atoms with van der Waals surface area (Å²) in [5.74, 6) is 2.16. The first-order chi connectivity index (χ1) is 21.3. The van der Waals surface area contributed by atoms with Gasteiger partial charge in [-0.15, -0.1) is 0 Å². The van der Waals surface area contributed by atoms with Crippen LogP contribution in [-0.2, 0) is 24.5 Å². The molecule has 0 amide bonds. The number of benzene rings is 2. The van der Waals surface area contributed by atoms with Crippen LogP contribution in [0.2, 0.25) is 0 Å². The largest absolute Gasteiger partial charge is 0.501 e. The SMILES string of the molecule is COC1=C\CC\C(OC)=C2/C(=C\1)O[C@@]1(c3ccc(N4C[C@H]5COC[C@H]5C4)cc3)[C@H](c3ccccc3)[C@@H](CN(C)C)[C@@H](O)[C@@]21O. The molecular formula is C36H44N2O6. The molecule has 5 aliphatic rings. The molecule has 0 aromatic heterocycles. The normalized spacial score (nSPS) is 38.5. The third-order valence-electron chi connectivity index (χ3n) is 10.6. The van der Waals surface area contributed by atoms with Crippen LogP contribution in [0.25, 0.3) is 0 Å². The number of hydrogen-bond donors (Lipinski definition) is 2. The molecule has 3 saturated heterocycles. The number of fused-ring (bicyclic) bond motifs is 4. The van der Waals surface area contributed by atoms with E-state index in [0.29, 0.717) is 54.1 Å². The highest BCUT2D eigenvalue weighted by molar-refractivity contribution is 5.59. The van der Waals surface area contributed by atoms with Gasteiger partial charge in [0.05, 0.1) is 39.1 Å². The molecule has 3 aliphatic heterocycles. The number of anilines is 1. The van der Waals surface area contributed by atoms with Crippen LogP contribution in [0.5, 0.6) is 0 Å². The molecule has 0 unspecified atom stereocenters. The lowest BCUT2D eigenvalue weighted by atomic mass is 9.70. The topological polar surface area (TPSA) is 83.9 Å². The van der Waals surface area contributed by atoms with E-state index in [-0.39, 0.29) is 11.8 Å². The van der Waals surface area contributed by atoms with Crippen LogP contribution in [0.1, 0.15) is 29.9 Å². The molecule has 0 spiro atoms. The number of rotatable bonds is 7. The van der Waals surface area contributed by atoms with Crippen LogP contribution in [-0.4, -0.2) is 88.0 Å². The molecule has 44 heavy (non-hydrogen) atoms. The highest BCUT2D eigenvalue weighted by Gasteiger charge is 2.77. The Kier molecular flexibility index (Phi) is 7.52. The summed E-state index contributed by atoms with van der Waals surface area (Å²) < 4.78 is 24.6. The van der Waals surface area contributed by atoms with Crippen LogP contribution in [0, 0.1) is 17.8 Å². The van der Waals surface area contributed by atoms with Gasteiger partial charge in [-0.1, -0.05) is 42.5 Å². The summed E-state index contributed by atoms with van der Waals surface area (Å²) in [6.45, 7) is 4.18. The smallest absolute Gasteiger partial charge is 0.177 e. The Bertz CT molecular complexity index is 1460. The van der Waals surface area contributed by atoms with Crippen molar-refractivity contribution < 1.29 is 29.2 Å². The summed E-state index contributed by atoms with van der Waals surface area (Å²) in [4.78, 5) is 4.51. The minimum Gasteiger partial charge on any atom is -0.501 e. The van der Waals surface area contributed by atoms with Crippen molar-refractivity contribution in [2.75, 3.05) is 66.1 Å². The van der Waals surface area contributed by atoms with Crippen molar-refractivity contribution in [3.8, 4) is 0 Å². The molecule has 2 N–H and O–H groups in total. The van der Waals surface area contributed by atoms with E-state index in [1.165, 1.54) is 0 Å². The van der Waals surface area contributed by atoms with Crippen LogP contribution >= 0.6 is 0 Å². The summed E-state index contributed by atoms with van der Waals surface area (Å²) in [5.41, 5.74) is 0.338. The summed E-state index contributed by atoms with van der Waals surface area (Å²) in [6.07, 6.45) is 3.90. The zero-order valence-corrected chi connectivity index (χ0v) is 26.1. The van der Waals surface area contributed by atoms with E-state index in [1.807, 2.05) is 44.4 Å². The third kappa shape index (κ3) is 4.33. The first-order valence-electron chi connectivity index (χ1n) is 15.8. The summed E-state index contributed by atoms with van der Waals surface area (Å²) in [7, 11) is 7.27. The van der Waals surface area contributed by atoms with Crippen molar-refractivity contribution >= 4 is 5.69 Å². The molecule has 0 radical (unpaired) electrons. The molecule has 3 heterocycles. The molecule has 8 heteroatoms. The Morgan fingerprint density at radius 3 is 2.32 bits per heavy atom. The van der Waals surface area contributed by atoms with Crippen LogP contribution in [0.3, 0.4) is 0 Å². The summed E-state index contributed by atoms with van der Waals surface area (Å²) >= 11 is 0. The highest BCUT2D eigenvalue weighted by atomic mass is 16.5. The van der Waals surface area contributed by atoms with E-state index in [4.69, 9.17) is 18.9 Å². The van der Waals surface area contributed by atoms with Crippen molar-refractivity contribution in [2.24, 2.45) is 17.8 Å². The number of methoxy groups -OCH3 is 2. The molecule has 2 aromatic rings. The van der Waals surface area contributed by atoms with E-state index >= 15 is 0 Å². The first-order valence-corrected chi connectivity index (χ1v) is 15.8. The predicted molar refractivity (Wildman–Crippen MR) is 168 cm³/mol. The first kappa shape index (κ1) is 29.4. The Hall–Kier alpha value is -3.30. The molecule has 2 aliphatic carbocycles. The molecule has 8 nitrogen and oxygen atoms in total. The standard InChI is InChI=1S/C36H44N2O6/c1-37(2)20-29-32(23-9-6-5-7-10-23)36(26-13-15-27(16-14-26)38-18-24-21-43-22-25(24)19-38)35(40,34(29)39)33-30(42-4)12-8-11-28(41-3)17-31(33)44-36/h5-7,9-11,13-17,24-25,29,32,34,39-40H,8,12,18-22H2,1-4H3/b28-11-,31-17+,33-30-/t24-,25+,29-,32-,34-,35+,36+/m1/s1. The van der Waals surface area contributed by atoms with Crippen molar-refractivity contribution in [1.82, 2.24) is 4.90 Å². The van der Waals surface area contributed by atoms with Gasteiger partial charge in [0.25, 0.3) is 0 Å². The van der Waals surface area contributed by atoms with E-state index < -0.39 is 17.3 Å². The summed E-state index contributed by atoms with van der Waals surface area (Å²) in [5, 5.41) is 25.8. The number of hydrogen-bond acceptors (Lipinski definition) is 8. The molecular weight excluding hydrogens is 556 g/mol. The van der Waals surface area contributed by atoms with Gasteiger partial charge in [0.15, 0.2) is 11.2 Å². The average molecular weight is 601 g/mol. The van der Waals surface area contributed by atoms with E-state index in [0.717, 1.165) is 43.1 Å². The molecule has 2 aromatic carbocycles. The number of nitrogens with zero attached hydrogens (tertiary/aromatic N) is 2. The van der Waals surface area contributed by atoms with Crippen molar-refractivity contribution in [3.63, 3.8) is 0 Å². The van der Waals surface area contributed by atoms with Crippen molar-refractivity contribution in [1.29, 1.82) is 0 Å². The monoisotopic (exact) mass is 600 g/mol. The molecule has 4 fully saturated rings. The van der Waals surface area contributed by atoms with Gasteiger partial charge in [-0.2, -0.15) is 0 Å². The van der Waals surface area contributed by atoms with Crippen molar-refractivity contribution in [3.05, 3.63) is 101 Å². The number of aliphatic hydroxyl groups is 2. The number of aliphatic hydroxyl groups excluding tert-OH is 1. The molecule has 1 saturated carbocycles. The highest BCUT2D eigenvalue weighted by Crippen LogP contribution is 2.68. The van der Waals surface area contributed by atoms with E-state index in [2.05, 4.69) is 46.2 Å². The van der Waals surface area contributed by atoms with Gasteiger partial charge in [0.1, 0.15) is 17.3 Å². The zero-order valence-electron chi connectivity index (χ0n) is 26.1. The number of allylic oxidation sites excluding steroid dienone is 3. The molecule has 0 bridgehead atoms. The molecule has 7 rings (SSSR count). The van der Waals surface area contributed by atoms with Crippen LogP contribution in [0.15, 0.2) is 89.6 Å². The number of ether oxygens (including phenoxy) is 4. The van der Waals surface area contributed by atoms with Gasteiger partial charge in [-0.25, -0.2) is 0 Å². The second-order valence-electron chi connectivity index (χ2n) is 13.2. The van der Waals surface area contributed by atoms with Gasteiger partial charge >= 0.3 is 0 Å². The van der Waals surface area contributed by atoms with Gasteiger partial charge in [0, 0.05) is 61.5 Å². The maximum Gasteiger partial charge on any atom is 0.177 e. The second-order valence-corrected chi connectivity index (χ2v) is 13.2. The van der Waals surface area contributed by atoms with E-state index in [1.54, 1.807) is 14.2 Å². The lowest BCUT2D eigenvalue weighted by Crippen LogP contribution is -2.53. The van der Waals surface area contributed by atoms with Crippen LogP contribution < -0.4 is 4.90 Å². The van der Waals surface area contributed by atoms with Gasteiger partial charge < -0.3 is 39.0 Å². The van der Waals surface area contributed by atoms with Gasteiger partial charge in [-0.3, -0.25) is 0 Å². The van der Waals surface area contributed by atoms with Gasteiger partial charge in [0.2, 0.25) is 0 Å². The third-order valence-corrected chi connectivity index (χ3v) is 10.6. The summed E-state index contributed by atoms with van der Waals surface area (Å²) in [6, 6.07) is 18.6. The fraction of sp³-hybridized carbons (Fsp3) is 0.500. The minimum absolute atomic E-state index is 0.343. The Morgan fingerprint density at radius 1 is 0.977 bits per heavy atom. The Labute approximate surface area is 260 Å². The minimum atomic E-state index is -1.80. The molecule has 234 valence electrons. The predicted octanol–water partition coefficient (Wildman–Crippen LogP) is 4.17. The zero-order chi connectivity index (χ0) is 30.6. The molecule has 7 atom stereocenters. The Balaban J connectivity index is 1.44. The lowest BCUT2D eigenvalue weighted by Gasteiger charge is -2.40. The quantitative estimate of drug-likeness (QED) is 0.490. The van der Waals surface area contributed by atoms with E-state index in [9.17, 15) is 10.2 Å². The van der Waals surface area contributed by atoms with Crippen molar-refractivity contribution in [2.45, 2.75) is 36.1 Å². The average Bonchev–Trinajstić information content (AvgIpc) is 3.73. The van der Waals surface area contributed by atoms with Crippen LogP contribution in [0.4, 0.5) is 5.69 Å². The lowest BCUT2D eigenvalue weighted by molar-refractivity contribution is -0.131. The maximum atomic E-state index is 13.3. The maximum absolute atomic E-state index is 13.3. The fourth-order valence-corrected chi connectivity index (χ4v) is 8.64. The fourth-order valence-electron chi connectivity index (χ4n) is 8.64. The second kappa shape index (κ2) is 11.2.